The molecule has 0 rings (SSSR count). The maximum atomic E-state index is 11.8. The highest BCUT2D eigenvalue weighted by Gasteiger charge is 2.33. The molecular weight excluding hydrogens is 223 g/mol. The van der Waals surface area contributed by atoms with Crippen molar-refractivity contribution in [3.8, 4) is 0 Å². The molecule has 0 aliphatic heterocycles. The molecule has 0 bridgehead atoms. The molecule has 1 N–H and O–H groups in total. The molecule has 0 fully saturated rings. The van der Waals surface area contributed by atoms with Crippen LogP contribution in [-0.2, 0) is 10.0 Å². The second-order valence-electron chi connectivity index (χ2n) is 2.76. The molecule has 8 heteroatoms. The Morgan fingerprint density at radius 3 is 2.21 bits per heavy atom. The third kappa shape index (κ3) is 5.40. The highest BCUT2D eigenvalue weighted by atomic mass is 32.2. The molecule has 0 atom stereocenters. The van der Waals surface area contributed by atoms with Crippen LogP contribution in [0, 0.1) is 0 Å². The first-order valence-electron chi connectivity index (χ1n) is 3.80. The van der Waals surface area contributed by atoms with Gasteiger partial charge in [0.05, 0.1) is 5.75 Å². The highest BCUT2D eigenvalue weighted by molar-refractivity contribution is 7.89. The van der Waals surface area contributed by atoms with E-state index in [-0.39, 0.29) is 17.3 Å². The summed E-state index contributed by atoms with van der Waals surface area (Å²) >= 11 is 0. The Bertz CT molecular complexity index is 262. The van der Waals surface area contributed by atoms with Crippen LogP contribution in [0.4, 0.5) is 13.2 Å². The summed E-state index contributed by atoms with van der Waals surface area (Å²) in [5.41, 5.74) is 0. The number of aliphatic hydroxyl groups is 1. The van der Waals surface area contributed by atoms with Crippen molar-refractivity contribution < 1.29 is 26.7 Å². The lowest BCUT2D eigenvalue weighted by Crippen LogP contribution is -2.37. The van der Waals surface area contributed by atoms with Gasteiger partial charge in [-0.2, -0.15) is 17.5 Å². The number of hydrogen-bond acceptors (Lipinski definition) is 3. The van der Waals surface area contributed by atoms with Gasteiger partial charge in [-0.3, -0.25) is 0 Å². The fourth-order valence-electron chi connectivity index (χ4n) is 0.754. The average molecular weight is 235 g/mol. The van der Waals surface area contributed by atoms with Crippen molar-refractivity contribution in [2.45, 2.75) is 12.6 Å². The minimum atomic E-state index is -4.54. The quantitative estimate of drug-likeness (QED) is 0.740. The zero-order valence-electron chi connectivity index (χ0n) is 7.58. The minimum Gasteiger partial charge on any atom is -0.396 e. The highest BCUT2D eigenvalue weighted by Crippen LogP contribution is 2.17. The number of nitrogens with zero attached hydrogens (tertiary/aromatic N) is 1. The molecule has 0 aromatic heterocycles. The van der Waals surface area contributed by atoms with E-state index in [4.69, 9.17) is 5.11 Å². The third-order valence-electron chi connectivity index (χ3n) is 1.44. The number of sulfonamides is 1. The Kier molecular flexibility index (Phi) is 4.82. The lowest BCUT2D eigenvalue weighted by molar-refractivity contribution is -0.134. The van der Waals surface area contributed by atoms with E-state index in [0.717, 1.165) is 7.05 Å². The van der Waals surface area contributed by atoms with E-state index < -0.39 is 28.5 Å². The van der Waals surface area contributed by atoms with Crippen molar-refractivity contribution in [1.82, 2.24) is 4.31 Å². The fourth-order valence-corrected chi connectivity index (χ4v) is 1.90. The van der Waals surface area contributed by atoms with E-state index in [9.17, 15) is 21.6 Å². The second-order valence-corrected chi connectivity index (χ2v) is 4.96. The van der Waals surface area contributed by atoms with Gasteiger partial charge in [0.25, 0.3) is 0 Å². The van der Waals surface area contributed by atoms with Crippen LogP contribution in [0.5, 0.6) is 0 Å². The van der Waals surface area contributed by atoms with Crippen LogP contribution < -0.4 is 0 Å². The van der Waals surface area contributed by atoms with E-state index in [0.29, 0.717) is 0 Å². The van der Waals surface area contributed by atoms with Crippen molar-refractivity contribution in [2.24, 2.45) is 0 Å². The number of aliphatic hydroxyl groups excluding tert-OH is 1. The maximum Gasteiger partial charge on any atom is 0.402 e. The van der Waals surface area contributed by atoms with Crippen LogP contribution in [0.2, 0.25) is 0 Å². The predicted octanol–water partition coefficient (Wildman–Crippen LogP) is 0.193. The molecule has 0 heterocycles. The Hall–Kier alpha value is -0.340. The monoisotopic (exact) mass is 235 g/mol. The molecule has 4 nitrogen and oxygen atoms in total. The minimum absolute atomic E-state index is 0.0649. The number of rotatable bonds is 5. The lowest BCUT2D eigenvalue weighted by atomic mass is 10.5. The van der Waals surface area contributed by atoms with E-state index in [1.807, 2.05) is 0 Å². The summed E-state index contributed by atoms with van der Waals surface area (Å²) < 4.78 is 57.8. The Balaban J connectivity index is 4.30. The first-order valence-corrected chi connectivity index (χ1v) is 5.41. The molecular formula is C6H12F3NO3S. The van der Waals surface area contributed by atoms with Gasteiger partial charge in [0, 0.05) is 13.7 Å². The topological polar surface area (TPSA) is 57.6 Å². The summed E-state index contributed by atoms with van der Waals surface area (Å²) in [6.45, 7) is -1.86. The van der Waals surface area contributed by atoms with Crippen molar-refractivity contribution in [1.29, 1.82) is 0 Å². The summed E-state index contributed by atoms with van der Waals surface area (Å²) in [6.07, 6.45) is -4.61. The van der Waals surface area contributed by atoms with Crippen molar-refractivity contribution >= 4 is 10.0 Å². The van der Waals surface area contributed by atoms with Crippen LogP contribution in [0.3, 0.4) is 0 Å². The molecule has 0 saturated heterocycles. The van der Waals surface area contributed by atoms with Crippen molar-refractivity contribution in [3.05, 3.63) is 0 Å². The first-order chi connectivity index (χ1) is 6.19. The van der Waals surface area contributed by atoms with E-state index in [1.165, 1.54) is 0 Å². The molecule has 0 amide bonds. The summed E-state index contributed by atoms with van der Waals surface area (Å²) in [5, 5.41) is 8.34. The van der Waals surface area contributed by atoms with Crippen molar-refractivity contribution in [3.63, 3.8) is 0 Å². The van der Waals surface area contributed by atoms with Gasteiger partial charge in [0.2, 0.25) is 10.0 Å². The third-order valence-corrected chi connectivity index (χ3v) is 3.32. The van der Waals surface area contributed by atoms with Crippen LogP contribution in [-0.4, -0.2) is 50.0 Å². The van der Waals surface area contributed by atoms with Crippen LogP contribution >= 0.6 is 0 Å². The summed E-state index contributed by atoms with van der Waals surface area (Å²) in [6, 6.07) is 0. The summed E-state index contributed by atoms with van der Waals surface area (Å²) in [7, 11) is -3.04. The largest absolute Gasteiger partial charge is 0.402 e. The van der Waals surface area contributed by atoms with Crippen LogP contribution in [0.25, 0.3) is 0 Å². The number of hydrogen-bond donors (Lipinski definition) is 1. The van der Waals surface area contributed by atoms with Gasteiger partial charge in [-0.05, 0) is 6.42 Å². The van der Waals surface area contributed by atoms with E-state index >= 15 is 0 Å². The van der Waals surface area contributed by atoms with E-state index in [2.05, 4.69) is 0 Å². The summed E-state index contributed by atoms with van der Waals surface area (Å²) in [4.78, 5) is 0. The zero-order valence-corrected chi connectivity index (χ0v) is 8.40. The molecule has 86 valence electrons. The molecule has 0 saturated carbocycles. The van der Waals surface area contributed by atoms with Crippen molar-refractivity contribution in [2.75, 3.05) is 26.0 Å². The number of halogens is 3. The Morgan fingerprint density at radius 1 is 1.36 bits per heavy atom. The molecule has 0 unspecified atom stereocenters. The second kappa shape index (κ2) is 4.94. The Labute approximate surface area is 80.4 Å². The summed E-state index contributed by atoms with van der Waals surface area (Å²) in [5.74, 6) is -0.476. The molecule has 14 heavy (non-hydrogen) atoms. The fraction of sp³-hybridized carbons (Fsp3) is 1.00. The van der Waals surface area contributed by atoms with Crippen LogP contribution in [0.15, 0.2) is 0 Å². The number of alkyl halides is 3. The van der Waals surface area contributed by atoms with Gasteiger partial charge in [-0.25, -0.2) is 8.42 Å². The molecule has 0 spiro atoms. The average Bonchev–Trinajstić information content (AvgIpc) is 1.97. The van der Waals surface area contributed by atoms with Gasteiger partial charge in [-0.1, -0.05) is 0 Å². The molecule has 0 aliphatic carbocycles. The van der Waals surface area contributed by atoms with E-state index in [1.54, 1.807) is 0 Å². The first kappa shape index (κ1) is 13.7. The smallest absolute Gasteiger partial charge is 0.396 e. The van der Waals surface area contributed by atoms with Gasteiger partial charge < -0.3 is 5.11 Å². The lowest BCUT2D eigenvalue weighted by Gasteiger charge is -2.18. The normalized spacial score (nSPS) is 13.6. The SMILES string of the molecule is CN(CC(F)(F)F)S(=O)(=O)CCCO. The molecule has 0 aliphatic rings. The Morgan fingerprint density at radius 2 is 1.86 bits per heavy atom. The molecule has 0 aromatic rings. The van der Waals surface area contributed by atoms with Gasteiger partial charge >= 0.3 is 6.18 Å². The predicted molar refractivity (Wildman–Crippen MR) is 44.2 cm³/mol. The standard InChI is InChI=1S/C6H12F3NO3S/c1-10(5-6(7,8)9)14(12,13)4-2-3-11/h11H,2-5H2,1H3. The van der Waals surface area contributed by atoms with Gasteiger partial charge in [-0.15, -0.1) is 0 Å². The maximum absolute atomic E-state index is 11.8. The molecule has 0 radical (unpaired) electrons. The zero-order chi connectivity index (χ0) is 11.4. The van der Waals surface area contributed by atoms with Crippen LogP contribution in [0.1, 0.15) is 6.42 Å². The van der Waals surface area contributed by atoms with Gasteiger partial charge in [0.1, 0.15) is 6.54 Å². The van der Waals surface area contributed by atoms with Gasteiger partial charge in [0.15, 0.2) is 0 Å². The molecule has 0 aromatic carbocycles.